The van der Waals surface area contributed by atoms with E-state index in [0.717, 1.165) is 11.1 Å². The Labute approximate surface area is 128 Å². The highest BCUT2D eigenvalue weighted by atomic mass is 16.5. The van der Waals surface area contributed by atoms with Gasteiger partial charge in [-0.05, 0) is 36.8 Å². The van der Waals surface area contributed by atoms with Crippen LogP contribution in [0.4, 0.5) is 0 Å². The summed E-state index contributed by atoms with van der Waals surface area (Å²) in [6.45, 7) is 1.94. The maximum Gasteiger partial charge on any atom is 0.337 e. The van der Waals surface area contributed by atoms with Crippen molar-refractivity contribution in [2.45, 2.75) is 19.4 Å². The third-order valence-electron chi connectivity index (χ3n) is 3.76. The van der Waals surface area contributed by atoms with Crippen molar-refractivity contribution in [2.75, 3.05) is 7.11 Å². The quantitative estimate of drug-likeness (QED) is 0.796. The number of hydrogen-bond donors (Lipinski definition) is 0. The zero-order chi connectivity index (χ0) is 15.7. The smallest absolute Gasteiger partial charge is 0.337 e. The Morgan fingerprint density at radius 1 is 1.23 bits per heavy atom. The summed E-state index contributed by atoms with van der Waals surface area (Å²) in [7, 11) is 1.34. The number of carbonyl (C=O) groups excluding carboxylic acids is 2. The SMILES string of the molecule is COC(=O)c1cccc(C2CC(=O)c3cc(C)ccc3O2)c1. The van der Waals surface area contributed by atoms with Gasteiger partial charge in [-0.25, -0.2) is 4.79 Å². The summed E-state index contributed by atoms with van der Waals surface area (Å²) in [5.41, 5.74) is 2.90. The molecule has 1 unspecified atom stereocenters. The van der Waals surface area contributed by atoms with Crippen molar-refractivity contribution in [3.63, 3.8) is 0 Å². The number of ether oxygens (including phenoxy) is 2. The first-order chi connectivity index (χ1) is 10.6. The fraction of sp³-hybridized carbons (Fsp3) is 0.222. The summed E-state index contributed by atoms with van der Waals surface area (Å²) in [5, 5.41) is 0. The molecule has 1 aliphatic rings. The maximum atomic E-state index is 12.3. The van der Waals surface area contributed by atoms with Crippen LogP contribution in [0.5, 0.6) is 5.75 Å². The average molecular weight is 296 g/mol. The van der Waals surface area contributed by atoms with Crippen LogP contribution in [0.3, 0.4) is 0 Å². The molecule has 22 heavy (non-hydrogen) atoms. The molecule has 4 heteroatoms. The molecule has 0 aromatic heterocycles. The minimum Gasteiger partial charge on any atom is -0.484 e. The van der Waals surface area contributed by atoms with Crippen molar-refractivity contribution < 1.29 is 19.1 Å². The van der Waals surface area contributed by atoms with Gasteiger partial charge in [0, 0.05) is 0 Å². The number of rotatable bonds is 2. The van der Waals surface area contributed by atoms with Gasteiger partial charge in [0.15, 0.2) is 5.78 Å². The number of esters is 1. The Balaban J connectivity index is 1.93. The second-order valence-electron chi connectivity index (χ2n) is 5.35. The van der Waals surface area contributed by atoms with Gasteiger partial charge < -0.3 is 9.47 Å². The summed E-state index contributed by atoms with van der Waals surface area (Å²) in [4.78, 5) is 23.9. The van der Waals surface area contributed by atoms with Gasteiger partial charge in [-0.15, -0.1) is 0 Å². The first kappa shape index (κ1) is 14.3. The molecule has 0 N–H and O–H groups in total. The van der Waals surface area contributed by atoms with Crippen LogP contribution in [0.15, 0.2) is 42.5 Å². The fourth-order valence-electron chi connectivity index (χ4n) is 2.61. The van der Waals surface area contributed by atoms with Crippen LogP contribution >= 0.6 is 0 Å². The zero-order valence-electron chi connectivity index (χ0n) is 12.5. The molecule has 0 fully saturated rings. The van der Waals surface area contributed by atoms with E-state index < -0.39 is 5.97 Å². The van der Waals surface area contributed by atoms with Gasteiger partial charge in [0.2, 0.25) is 0 Å². The molecule has 1 aliphatic heterocycles. The van der Waals surface area contributed by atoms with Crippen LogP contribution in [0, 0.1) is 6.92 Å². The molecule has 0 amide bonds. The highest BCUT2D eigenvalue weighted by molar-refractivity contribution is 6.00. The van der Waals surface area contributed by atoms with Gasteiger partial charge >= 0.3 is 5.97 Å². The van der Waals surface area contributed by atoms with Gasteiger partial charge in [0.05, 0.1) is 24.7 Å². The van der Waals surface area contributed by atoms with Crippen LogP contribution in [-0.2, 0) is 4.74 Å². The van der Waals surface area contributed by atoms with Gasteiger partial charge in [-0.2, -0.15) is 0 Å². The third kappa shape index (κ3) is 2.60. The Kier molecular flexibility index (Phi) is 3.67. The van der Waals surface area contributed by atoms with Crippen LogP contribution in [0.1, 0.15) is 44.4 Å². The second-order valence-corrected chi connectivity index (χ2v) is 5.35. The minimum atomic E-state index is -0.403. The number of aryl methyl sites for hydroxylation is 1. The molecule has 2 aromatic carbocycles. The van der Waals surface area contributed by atoms with Crippen LogP contribution < -0.4 is 4.74 Å². The first-order valence-electron chi connectivity index (χ1n) is 7.07. The lowest BCUT2D eigenvalue weighted by molar-refractivity contribution is 0.0600. The summed E-state index contributed by atoms with van der Waals surface area (Å²) in [6.07, 6.45) is -0.117. The van der Waals surface area contributed by atoms with Crippen molar-refractivity contribution in [1.29, 1.82) is 0 Å². The van der Waals surface area contributed by atoms with Crippen molar-refractivity contribution in [2.24, 2.45) is 0 Å². The number of methoxy groups -OCH3 is 1. The highest BCUT2D eigenvalue weighted by Crippen LogP contribution is 2.35. The molecule has 0 aliphatic carbocycles. The lowest BCUT2D eigenvalue weighted by Crippen LogP contribution is -2.20. The van der Waals surface area contributed by atoms with E-state index >= 15 is 0 Å². The van der Waals surface area contributed by atoms with Crippen LogP contribution in [0.2, 0.25) is 0 Å². The molecule has 1 heterocycles. The topological polar surface area (TPSA) is 52.6 Å². The number of ketones is 1. The number of Topliss-reactive ketones (excluding diaryl/α,β-unsaturated/α-hetero) is 1. The van der Waals surface area contributed by atoms with E-state index in [2.05, 4.69) is 0 Å². The van der Waals surface area contributed by atoms with Gasteiger partial charge in [-0.3, -0.25) is 4.79 Å². The summed E-state index contributed by atoms with van der Waals surface area (Å²) >= 11 is 0. The average Bonchev–Trinajstić information content (AvgIpc) is 2.54. The first-order valence-corrected chi connectivity index (χ1v) is 7.07. The monoisotopic (exact) mass is 296 g/mol. The molecular formula is C18H16O4. The predicted molar refractivity (Wildman–Crippen MR) is 81.3 cm³/mol. The third-order valence-corrected chi connectivity index (χ3v) is 3.76. The molecule has 0 bridgehead atoms. The van der Waals surface area contributed by atoms with E-state index in [4.69, 9.17) is 9.47 Å². The van der Waals surface area contributed by atoms with E-state index in [1.165, 1.54) is 7.11 Å². The Hall–Kier alpha value is -2.62. The van der Waals surface area contributed by atoms with E-state index in [1.54, 1.807) is 18.2 Å². The highest BCUT2D eigenvalue weighted by Gasteiger charge is 2.28. The standard InChI is InChI=1S/C18H16O4/c1-11-6-7-16-14(8-11)15(19)10-17(22-16)12-4-3-5-13(9-12)18(20)21-2/h3-9,17H,10H2,1-2H3. The van der Waals surface area contributed by atoms with Crippen molar-refractivity contribution in [3.8, 4) is 5.75 Å². The van der Waals surface area contributed by atoms with Crippen molar-refractivity contribution >= 4 is 11.8 Å². The molecule has 1 atom stereocenters. The Morgan fingerprint density at radius 2 is 2.05 bits per heavy atom. The largest absolute Gasteiger partial charge is 0.484 e. The Bertz CT molecular complexity index is 749. The number of fused-ring (bicyclic) bond motifs is 1. The lowest BCUT2D eigenvalue weighted by Gasteiger charge is -2.26. The summed E-state index contributed by atoms with van der Waals surface area (Å²) in [5.74, 6) is 0.244. The van der Waals surface area contributed by atoms with Gasteiger partial charge in [0.25, 0.3) is 0 Å². The molecule has 0 radical (unpaired) electrons. The molecular weight excluding hydrogens is 280 g/mol. The molecule has 4 nitrogen and oxygen atoms in total. The van der Waals surface area contributed by atoms with Crippen LogP contribution in [-0.4, -0.2) is 18.9 Å². The molecule has 2 aromatic rings. The second kappa shape index (κ2) is 5.64. The maximum absolute atomic E-state index is 12.3. The lowest BCUT2D eigenvalue weighted by atomic mass is 9.94. The zero-order valence-corrected chi connectivity index (χ0v) is 12.5. The van der Waals surface area contributed by atoms with Crippen molar-refractivity contribution in [1.82, 2.24) is 0 Å². The molecule has 0 spiro atoms. The van der Waals surface area contributed by atoms with E-state index in [0.29, 0.717) is 16.9 Å². The van der Waals surface area contributed by atoms with Crippen LogP contribution in [0.25, 0.3) is 0 Å². The molecule has 3 rings (SSSR count). The summed E-state index contributed by atoms with van der Waals surface area (Å²) in [6, 6.07) is 12.6. The minimum absolute atomic E-state index is 0.0541. The number of benzene rings is 2. The molecule has 0 saturated heterocycles. The van der Waals surface area contributed by atoms with E-state index in [1.807, 2.05) is 31.2 Å². The number of hydrogen-bond acceptors (Lipinski definition) is 4. The molecule has 112 valence electrons. The predicted octanol–water partition coefficient (Wildman–Crippen LogP) is 3.49. The molecule has 0 saturated carbocycles. The van der Waals surface area contributed by atoms with Gasteiger partial charge in [0.1, 0.15) is 11.9 Å². The van der Waals surface area contributed by atoms with Gasteiger partial charge in [-0.1, -0.05) is 23.8 Å². The van der Waals surface area contributed by atoms with E-state index in [-0.39, 0.29) is 18.3 Å². The number of carbonyl (C=O) groups is 2. The fourth-order valence-corrected chi connectivity index (χ4v) is 2.61. The van der Waals surface area contributed by atoms with Crippen molar-refractivity contribution in [3.05, 3.63) is 64.7 Å². The summed E-state index contributed by atoms with van der Waals surface area (Å²) < 4.78 is 10.7. The normalized spacial score (nSPS) is 16.6. The van der Waals surface area contributed by atoms with E-state index in [9.17, 15) is 9.59 Å². The Morgan fingerprint density at radius 3 is 2.82 bits per heavy atom.